The van der Waals surface area contributed by atoms with E-state index in [-0.39, 0.29) is 11.4 Å². The summed E-state index contributed by atoms with van der Waals surface area (Å²) >= 11 is 0. The summed E-state index contributed by atoms with van der Waals surface area (Å²) in [6, 6.07) is 5.44. The number of oxime groups is 1. The number of hydrogen-bond acceptors (Lipinski definition) is 4. The lowest BCUT2D eigenvalue weighted by atomic mass is 10.1. The van der Waals surface area contributed by atoms with Crippen LogP contribution in [0.2, 0.25) is 0 Å². The lowest BCUT2D eigenvalue weighted by molar-refractivity contribution is 0.0991. The number of hydrogen-bond donors (Lipinski definition) is 2. The molecule has 1 unspecified atom stereocenters. The molecule has 1 aromatic rings. The van der Waals surface area contributed by atoms with Crippen molar-refractivity contribution in [3.8, 4) is 0 Å². The van der Waals surface area contributed by atoms with Crippen LogP contribution < -0.4 is 5.73 Å². The average molecular weight is 280 g/mol. The van der Waals surface area contributed by atoms with Gasteiger partial charge in [0, 0.05) is 37.8 Å². The summed E-state index contributed by atoms with van der Waals surface area (Å²) in [5, 5.41) is 11.5. The van der Waals surface area contributed by atoms with E-state index >= 15 is 0 Å². The van der Waals surface area contributed by atoms with E-state index in [1.54, 1.807) is 12.1 Å². The number of likely N-dealkylation sites (N-methyl/N-ethyl adjacent to an activating group) is 1. The second-order valence-corrected chi connectivity index (χ2v) is 5.33. The van der Waals surface area contributed by atoms with E-state index in [0.717, 1.165) is 19.6 Å². The average Bonchev–Trinajstić information content (AvgIpc) is 2.44. The minimum Gasteiger partial charge on any atom is -0.409 e. The predicted octanol–water partition coefficient (Wildman–Crippen LogP) is 1.06. The van der Waals surface area contributed by atoms with Crippen molar-refractivity contribution in [1.82, 2.24) is 9.80 Å². The predicted molar refractivity (Wildman–Crippen MR) is 76.3 cm³/mol. The summed E-state index contributed by atoms with van der Waals surface area (Å²) in [5.74, 6) is -0.606. The highest BCUT2D eigenvalue weighted by Gasteiger charge is 2.22. The summed E-state index contributed by atoms with van der Waals surface area (Å²) < 4.78 is 14.3. The van der Waals surface area contributed by atoms with Crippen LogP contribution in [-0.4, -0.2) is 53.6 Å². The maximum atomic E-state index is 14.3. The molecule has 1 aromatic carbocycles. The van der Waals surface area contributed by atoms with Crippen LogP contribution in [0.4, 0.5) is 4.39 Å². The fourth-order valence-corrected chi connectivity index (χ4v) is 2.46. The van der Waals surface area contributed by atoms with E-state index in [9.17, 15) is 4.39 Å². The molecule has 0 amide bonds. The molecule has 1 aliphatic rings. The van der Waals surface area contributed by atoms with Crippen LogP contribution in [0.25, 0.3) is 0 Å². The molecule has 1 fully saturated rings. The van der Waals surface area contributed by atoms with Gasteiger partial charge in [-0.2, -0.15) is 0 Å². The van der Waals surface area contributed by atoms with Gasteiger partial charge in [0.2, 0.25) is 0 Å². The van der Waals surface area contributed by atoms with Crippen molar-refractivity contribution in [1.29, 1.82) is 0 Å². The van der Waals surface area contributed by atoms with Crippen molar-refractivity contribution in [2.24, 2.45) is 10.9 Å². The fraction of sp³-hybridized carbons (Fsp3) is 0.500. The van der Waals surface area contributed by atoms with E-state index in [0.29, 0.717) is 18.2 Å². The highest BCUT2D eigenvalue weighted by molar-refractivity contribution is 5.97. The third-order valence-corrected chi connectivity index (χ3v) is 3.90. The van der Waals surface area contributed by atoms with Crippen molar-refractivity contribution in [3.05, 3.63) is 35.1 Å². The Bertz CT molecular complexity index is 506. The van der Waals surface area contributed by atoms with E-state index in [1.165, 1.54) is 6.07 Å². The standard InChI is InChI=1S/C14H21FN4O/c1-10-8-19(7-6-18(10)2)9-11-4-3-5-12(13(11)15)14(16)17-20/h3-5,10,20H,6-9H2,1-2H3,(H2,16,17). The molecule has 0 radical (unpaired) electrons. The molecule has 1 heterocycles. The summed E-state index contributed by atoms with van der Waals surface area (Å²) in [6.07, 6.45) is 0. The van der Waals surface area contributed by atoms with Gasteiger partial charge in [-0.1, -0.05) is 17.3 Å². The van der Waals surface area contributed by atoms with Gasteiger partial charge in [-0.05, 0) is 20.0 Å². The van der Waals surface area contributed by atoms with Crippen LogP contribution in [-0.2, 0) is 6.54 Å². The topological polar surface area (TPSA) is 65.1 Å². The first-order valence-electron chi connectivity index (χ1n) is 6.70. The minimum absolute atomic E-state index is 0.146. The summed E-state index contributed by atoms with van der Waals surface area (Å²) in [7, 11) is 2.10. The van der Waals surface area contributed by atoms with Crippen LogP contribution in [0.15, 0.2) is 23.4 Å². The third-order valence-electron chi connectivity index (χ3n) is 3.90. The van der Waals surface area contributed by atoms with Crippen molar-refractivity contribution in [3.63, 3.8) is 0 Å². The van der Waals surface area contributed by atoms with Crippen LogP contribution in [0.3, 0.4) is 0 Å². The smallest absolute Gasteiger partial charge is 0.173 e. The normalized spacial score (nSPS) is 22.1. The highest BCUT2D eigenvalue weighted by Crippen LogP contribution is 2.17. The molecule has 0 aromatic heterocycles. The van der Waals surface area contributed by atoms with E-state index in [4.69, 9.17) is 10.9 Å². The number of amidine groups is 1. The summed E-state index contributed by atoms with van der Waals surface area (Å²) in [4.78, 5) is 4.51. The summed E-state index contributed by atoms with van der Waals surface area (Å²) in [6.45, 7) is 5.49. The first kappa shape index (κ1) is 14.7. The number of nitrogens with zero attached hydrogens (tertiary/aromatic N) is 3. The Labute approximate surface area is 118 Å². The molecule has 0 saturated carbocycles. The molecule has 0 bridgehead atoms. The number of rotatable bonds is 3. The molecule has 20 heavy (non-hydrogen) atoms. The Morgan fingerprint density at radius 1 is 1.50 bits per heavy atom. The first-order valence-corrected chi connectivity index (χ1v) is 6.70. The van der Waals surface area contributed by atoms with Gasteiger partial charge in [0.15, 0.2) is 5.84 Å². The van der Waals surface area contributed by atoms with Gasteiger partial charge >= 0.3 is 0 Å². The van der Waals surface area contributed by atoms with Crippen molar-refractivity contribution < 1.29 is 9.60 Å². The zero-order chi connectivity index (χ0) is 14.7. The molecule has 6 heteroatoms. The molecule has 0 aliphatic carbocycles. The zero-order valence-corrected chi connectivity index (χ0v) is 11.9. The van der Waals surface area contributed by atoms with E-state index < -0.39 is 5.82 Å². The minimum atomic E-state index is -0.408. The maximum Gasteiger partial charge on any atom is 0.173 e. The maximum absolute atomic E-state index is 14.3. The van der Waals surface area contributed by atoms with Crippen LogP contribution >= 0.6 is 0 Å². The Morgan fingerprint density at radius 2 is 2.25 bits per heavy atom. The molecule has 5 nitrogen and oxygen atoms in total. The highest BCUT2D eigenvalue weighted by atomic mass is 19.1. The van der Waals surface area contributed by atoms with Crippen molar-refractivity contribution in [2.45, 2.75) is 19.5 Å². The number of benzene rings is 1. The van der Waals surface area contributed by atoms with Gasteiger partial charge in [-0.15, -0.1) is 0 Å². The number of nitrogens with two attached hydrogens (primary N) is 1. The lowest BCUT2D eigenvalue weighted by Gasteiger charge is -2.37. The van der Waals surface area contributed by atoms with Crippen LogP contribution in [0.5, 0.6) is 0 Å². The van der Waals surface area contributed by atoms with Crippen molar-refractivity contribution in [2.75, 3.05) is 26.7 Å². The molecule has 3 N–H and O–H groups in total. The fourth-order valence-electron chi connectivity index (χ4n) is 2.46. The van der Waals surface area contributed by atoms with Gasteiger partial charge in [-0.25, -0.2) is 4.39 Å². The van der Waals surface area contributed by atoms with Crippen LogP contribution in [0.1, 0.15) is 18.1 Å². The van der Waals surface area contributed by atoms with E-state index in [1.807, 2.05) is 0 Å². The molecule has 110 valence electrons. The molecule has 0 spiro atoms. The molecule has 2 rings (SSSR count). The number of piperazine rings is 1. The summed E-state index contributed by atoms with van der Waals surface area (Å²) in [5.41, 5.74) is 6.20. The lowest BCUT2D eigenvalue weighted by Crippen LogP contribution is -2.49. The molecule has 1 atom stereocenters. The Kier molecular flexibility index (Phi) is 4.57. The second-order valence-electron chi connectivity index (χ2n) is 5.33. The van der Waals surface area contributed by atoms with Gasteiger partial charge in [0.1, 0.15) is 5.82 Å². The van der Waals surface area contributed by atoms with Gasteiger partial charge in [0.05, 0.1) is 5.56 Å². The second kappa shape index (κ2) is 6.19. The zero-order valence-electron chi connectivity index (χ0n) is 11.9. The number of halogens is 1. The van der Waals surface area contributed by atoms with Gasteiger partial charge in [0.25, 0.3) is 0 Å². The largest absolute Gasteiger partial charge is 0.409 e. The monoisotopic (exact) mass is 280 g/mol. The van der Waals surface area contributed by atoms with Crippen LogP contribution in [0, 0.1) is 5.82 Å². The molecule has 1 saturated heterocycles. The Balaban J connectivity index is 2.14. The van der Waals surface area contributed by atoms with E-state index in [2.05, 4.69) is 28.9 Å². The molecular formula is C14H21FN4O. The Morgan fingerprint density at radius 3 is 2.90 bits per heavy atom. The molecule has 1 aliphatic heterocycles. The third kappa shape index (κ3) is 3.08. The van der Waals surface area contributed by atoms with Gasteiger partial charge < -0.3 is 15.8 Å². The Hall–Kier alpha value is -1.66. The SMILES string of the molecule is CC1CN(Cc2cccc(/C(N)=N/O)c2F)CCN1C. The van der Waals surface area contributed by atoms with Crippen molar-refractivity contribution >= 4 is 5.84 Å². The first-order chi connectivity index (χ1) is 9.52. The quantitative estimate of drug-likeness (QED) is 0.376. The molecular weight excluding hydrogens is 259 g/mol. The van der Waals surface area contributed by atoms with Gasteiger partial charge in [-0.3, -0.25) is 4.90 Å².